The quantitative estimate of drug-likeness (QED) is 0.832. The van der Waals surface area contributed by atoms with Crippen molar-refractivity contribution >= 4 is 12.0 Å². The van der Waals surface area contributed by atoms with Gasteiger partial charge in [-0.3, -0.25) is 4.98 Å². The molecule has 3 heteroatoms. The first kappa shape index (κ1) is 12.6. The fraction of sp³-hybridized carbons (Fsp3) is 0. The average Bonchev–Trinajstić information content (AvgIpc) is 2.45. The summed E-state index contributed by atoms with van der Waals surface area (Å²) in [6.45, 7) is 0. The van der Waals surface area contributed by atoms with Crippen LogP contribution in [0.1, 0.15) is 21.5 Å². The van der Waals surface area contributed by atoms with E-state index in [0.717, 1.165) is 11.1 Å². The van der Waals surface area contributed by atoms with Crippen molar-refractivity contribution in [2.75, 3.05) is 0 Å². The van der Waals surface area contributed by atoms with E-state index in [-0.39, 0.29) is 5.56 Å². The molecule has 1 N–H and O–H groups in total. The highest BCUT2D eigenvalue weighted by Crippen LogP contribution is 2.03. The van der Waals surface area contributed by atoms with Gasteiger partial charge in [0.15, 0.2) is 0 Å². The second kappa shape index (κ2) is 6.18. The highest BCUT2D eigenvalue weighted by molar-refractivity contribution is 5.87. The van der Waals surface area contributed by atoms with E-state index in [0.29, 0.717) is 0 Å². The van der Waals surface area contributed by atoms with Gasteiger partial charge in [0.1, 0.15) is 0 Å². The summed E-state index contributed by atoms with van der Waals surface area (Å²) in [5.74, 6) is 4.90. The Labute approximate surface area is 111 Å². The minimum absolute atomic E-state index is 0.262. The average molecular weight is 249 g/mol. The maximum Gasteiger partial charge on any atom is 0.335 e. The molecule has 0 aliphatic carbocycles. The van der Waals surface area contributed by atoms with E-state index in [9.17, 15) is 4.79 Å². The topological polar surface area (TPSA) is 50.2 Å². The monoisotopic (exact) mass is 249 g/mol. The number of benzene rings is 1. The first-order valence-corrected chi connectivity index (χ1v) is 5.67. The number of aromatic nitrogens is 1. The largest absolute Gasteiger partial charge is 0.478 e. The zero-order valence-corrected chi connectivity index (χ0v) is 10.1. The smallest absolute Gasteiger partial charge is 0.335 e. The number of nitrogens with zero attached hydrogens (tertiary/aromatic N) is 1. The third-order valence-electron chi connectivity index (χ3n) is 2.41. The molecule has 0 atom stereocenters. The number of carboxylic acid groups (broad SMARTS) is 1. The lowest BCUT2D eigenvalue weighted by atomic mass is 10.1. The van der Waals surface area contributed by atoms with Crippen LogP contribution in [0.4, 0.5) is 0 Å². The Bertz CT molecular complexity index is 647. The lowest BCUT2D eigenvalue weighted by Crippen LogP contribution is -1.94. The van der Waals surface area contributed by atoms with Crippen molar-refractivity contribution in [3.8, 4) is 11.8 Å². The fourth-order valence-electron chi connectivity index (χ4n) is 1.43. The van der Waals surface area contributed by atoms with Crippen LogP contribution in [0.2, 0.25) is 0 Å². The van der Waals surface area contributed by atoms with Crippen molar-refractivity contribution in [3.63, 3.8) is 0 Å². The van der Waals surface area contributed by atoms with Gasteiger partial charge in [-0.25, -0.2) is 4.79 Å². The normalized spacial score (nSPS) is 9.89. The van der Waals surface area contributed by atoms with E-state index < -0.39 is 5.97 Å². The highest BCUT2D eigenvalue weighted by atomic mass is 16.4. The summed E-state index contributed by atoms with van der Waals surface area (Å²) in [6.07, 6.45) is 7.08. The number of hydrogen-bond donors (Lipinski definition) is 1. The van der Waals surface area contributed by atoms with Crippen LogP contribution in [-0.4, -0.2) is 16.1 Å². The molecule has 2 rings (SSSR count). The number of rotatable bonds is 2. The van der Waals surface area contributed by atoms with Gasteiger partial charge in [-0.1, -0.05) is 11.8 Å². The number of carbonyl (C=O) groups is 1. The molecule has 1 heterocycles. The van der Waals surface area contributed by atoms with Crippen LogP contribution in [0.3, 0.4) is 0 Å². The van der Waals surface area contributed by atoms with Crippen LogP contribution in [0.25, 0.3) is 6.08 Å². The molecule has 0 fully saturated rings. The Balaban J connectivity index is 2.04. The van der Waals surface area contributed by atoms with E-state index >= 15 is 0 Å². The fourth-order valence-corrected chi connectivity index (χ4v) is 1.43. The van der Waals surface area contributed by atoms with Crippen molar-refractivity contribution in [2.24, 2.45) is 0 Å². The maximum absolute atomic E-state index is 10.7. The first-order valence-electron chi connectivity index (χ1n) is 5.67. The molecule has 0 amide bonds. The molecule has 92 valence electrons. The zero-order chi connectivity index (χ0) is 13.5. The van der Waals surface area contributed by atoms with E-state index in [1.165, 1.54) is 0 Å². The minimum atomic E-state index is -0.933. The van der Waals surface area contributed by atoms with Crippen LogP contribution in [-0.2, 0) is 0 Å². The van der Waals surface area contributed by atoms with Crippen molar-refractivity contribution in [1.82, 2.24) is 4.98 Å². The van der Waals surface area contributed by atoms with Crippen LogP contribution in [0.15, 0.2) is 54.9 Å². The molecule has 0 spiro atoms. The molecule has 2 aromatic rings. The molecule has 0 bridgehead atoms. The summed E-state index contributed by atoms with van der Waals surface area (Å²) < 4.78 is 0. The number of pyridine rings is 1. The summed E-state index contributed by atoms with van der Waals surface area (Å²) in [7, 11) is 0. The third-order valence-corrected chi connectivity index (χ3v) is 2.41. The van der Waals surface area contributed by atoms with Crippen molar-refractivity contribution in [3.05, 3.63) is 71.6 Å². The predicted octanol–water partition coefficient (Wildman–Crippen LogP) is 2.84. The number of hydrogen-bond acceptors (Lipinski definition) is 2. The third kappa shape index (κ3) is 3.83. The lowest BCUT2D eigenvalue weighted by Gasteiger charge is -1.93. The van der Waals surface area contributed by atoms with Gasteiger partial charge in [0.2, 0.25) is 0 Å². The SMILES string of the molecule is O=C(O)c1ccc(C#CC=Cc2ccncc2)cc1. The Morgan fingerprint density at radius 2 is 1.79 bits per heavy atom. The van der Waals surface area contributed by atoms with Gasteiger partial charge < -0.3 is 5.11 Å². The number of aromatic carboxylic acids is 1. The Kier molecular flexibility index (Phi) is 4.09. The Hall–Kier alpha value is -2.86. The number of carboxylic acids is 1. The maximum atomic E-state index is 10.7. The molecule has 3 nitrogen and oxygen atoms in total. The van der Waals surface area contributed by atoms with E-state index in [1.807, 2.05) is 18.2 Å². The summed E-state index contributed by atoms with van der Waals surface area (Å²) in [5, 5.41) is 8.76. The predicted molar refractivity (Wildman–Crippen MR) is 73.6 cm³/mol. The molecule has 19 heavy (non-hydrogen) atoms. The van der Waals surface area contributed by atoms with Gasteiger partial charge >= 0.3 is 5.97 Å². The molecular formula is C16H11NO2. The lowest BCUT2D eigenvalue weighted by molar-refractivity contribution is 0.0697. The minimum Gasteiger partial charge on any atom is -0.478 e. The highest BCUT2D eigenvalue weighted by Gasteiger charge is 1.99. The molecule has 1 aromatic heterocycles. The van der Waals surface area contributed by atoms with E-state index in [1.54, 1.807) is 42.7 Å². The molecule has 0 saturated heterocycles. The first-order chi connectivity index (χ1) is 9.25. The standard InChI is InChI=1S/C16H11NO2/c18-16(19)15-7-5-13(6-8-15)3-1-2-4-14-9-11-17-12-10-14/h2,4-12H,(H,18,19). The van der Waals surface area contributed by atoms with Gasteiger partial charge in [-0.15, -0.1) is 0 Å². The molecule has 0 radical (unpaired) electrons. The molecule has 0 saturated carbocycles. The van der Waals surface area contributed by atoms with Crippen LogP contribution in [0.5, 0.6) is 0 Å². The van der Waals surface area contributed by atoms with Crippen LogP contribution in [0, 0.1) is 11.8 Å². The van der Waals surface area contributed by atoms with Gasteiger partial charge in [0.25, 0.3) is 0 Å². The summed E-state index contributed by atoms with van der Waals surface area (Å²) in [6, 6.07) is 10.2. The Morgan fingerprint density at radius 1 is 1.11 bits per heavy atom. The molecule has 0 aliphatic rings. The number of allylic oxidation sites excluding steroid dienone is 1. The zero-order valence-electron chi connectivity index (χ0n) is 10.1. The van der Waals surface area contributed by atoms with Crippen LogP contribution < -0.4 is 0 Å². The van der Waals surface area contributed by atoms with Gasteiger partial charge in [-0.2, -0.15) is 0 Å². The molecule has 0 aliphatic heterocycles. The second-order valence-corrected chi connectivity index (χ2v) is 3.77. The second-order valence-electron chi connectivity index (χ2n) is 3.77. The van der Waals surface area contributed by atoms with E-state index in [2.05, 4.69) is 16.8 Å². The van der Waals surface area contributed by atoms with Gasteiger partial charge in [-0.05, 0) is 54.1 Å². The summed E-state index contributed by atoms with van der Waals surface area (Å²) in [4.78, 5) is 14.6. The summed E-state index contributed by atoms with van der Waals surface area (Å²) >= 11 is 0. The molecule has 1 aromatic carbocycles. The van der Waals surface area contributed by atoms with E-state index in [4.69, 9.17) is 5.11 Å². The van der Waals surface area contributed by atoms with Crippen molar-refractivity contribution in [1.29, 1.82) is 0 Å². The Morgan fingerprint density at radius 3 is 2.42 bits per heavy atom. The van der Waals surface area contributed by atoms with Gasteiger partial charge in [0.05, 0.1) is 5.56 Å². The van der Waals surface area contributed by atoms with Crippen molar-refractivity contribution < 1.29 is 9.90 Å². The summed E-state index contributed by atoms with van der Waals surface area (Å²) in [5.41, 5.74) is 2.08. The molecular weight excluding hydrogens is 238 g/mol. The molecule has 0 unspecified atom stereocenters. The van der Waals surface area contributed by atoms with Crippen molar-refractivity contribution in [2.45, 2.75) is 0 Å². The van der Waals surface area contributed by atoms with Crippen LogP contribution >= 0.6 is 0 Å². The van der Waals surface area contributed by atoms with Gasteiger partial charge in [0, 0.05) is 18.0 Å².